The zero-order valence-corrected chi connectivity index (χ0v) is 18.3. The highest BCUT2D eigenvalue weighted by Crippen LogP contribution is 2.39. The van der Waals surface area contributed by atoms with Gasteiger partial charge in [0.05, 0.1) is 22.5 Å². The van der Waals surface area contributed by atoms with E-state index in [1.165, 1.54) is 4.90 Å². The number of hydrogen-bond donors (Lipinski definition) is 0. The van der Waals surface area contributed by atoms with E-state index in [9.17, 15) is 9.59 Å². The van der Waals surface area contributed by atoms with Crippen molar-refractivity contribution in [1.29, 1.82) is 0 Å². The molecular formula is C22H20BrNO4S. The standard InChI is InChI=1S/C22H20BrNO4S/c1-3-10-28-20-17(23)11-16(12-18(20)27-4-2)13-19-21(25)24(22(26)29-19)14-15-8-6-5-7-9-15/h3,5-9,11-13H,1,4,10,14H2,2H3/b19-13+. The molecule has 1 fully saturated rings. The summed E-state index contributed by atoms with van der Waals surface area (Å²) in [5.74, 6) is 0.824. The molecule has 2 aromatic carbocycles. The van der Waals surface area contributed by atoms with Crippen molar-refractivity contribution in [3.8, 4) is 11.5 Å². The largest absolute Gasteiger partial charge is 0.490 e. The summed E-state index contributed by atoms with van der Waals surface area (Å²) in [6, 6.07) is 13.1. The number of hydrogen-bond acceptors (Lipinski definition) is 5. The fourth-order valence-electron chi connectivity index (χ4n) is 2.77. The van der Waals surface area contributed by atoms with Gasteiger partial charge in [0.25, 0.3) is 11.1 Å². The van der Waals surface area contributed by atoms with E-state index in [2.05, 4.69) is 22.5 Å². The summed E-state index contributed by atoms with van der Waals surface area (Å²) in [5, 5.41) is -0.278. The fourth-order valence-corrected chi connectivity index (χ4v) is 4.18. The van der Waals surface area contributed by atoms with Gasteiger partial charge in [0, 0.05) is 0 Å². The van der Waals surface area contributed by atoms with Gasteiger partial charge >= 0.3 is 0 Å². The van der Waals surface area contributed by atoms with E-state index in [-0.39, 0.29) is 17.7 Å². The van der Waals surface area contributed by atoms with Crippen molar-refractivity contribution in [3.63, 3.8) is 0 Å². The van der Waals surface area contributed by atoms with Gasteiger partial charge in [-0.15, -0.1) is 0 Å². The third-order valence-corrected chi connectivity index (χ3v) is 5.53. The molecule has 2 aromatic rings. The SMILES string of the molecule is C=CCOc1c(Br)cc(/C=C2/SC(=O)N(Cc3ccccc3)C2=O)cc1OCC. The lowest BCUT2D eigenvalue weighted by Gasteiger charge is -2.14. The van der Waals surface area contributed by atoms with Gasteiger partial charge < -0.3 is 9.47 Å². The first-order valence-corrected chi connectivity index (χ1v) is 10.6. The fraction of sp³-hybridized carbons (Fsp3) is 0.182. The molecule has 0 bridgehead atoms. The summed E-state index contributed by atoms with van der Waals surface area (Å²) in [6.07, 6.45) is 3.35. The van der Waals surface area contributed by atoms with Crippen LogP contribution in [0.4, 0.5) is 4.79 Å². The number of nitrogens with zero attached hydrogens (tertiary/aromatic N) is 1. The van der Waals surface area contributed by atoms with E-state index in [1.54, 1.807) is 18.2 Å². The van der Waals surface area contributed by atoms with Crippen LogP contribution in [0.3, 0.4) is 0 Å². The second kappa shape index (κ2) is 9.80. The Morgan fingerprint density at radius 1 is 1.17 bits per heavy atom. The van der Waals surface area contributed by atoms with E-state index >= 15 is 0 Å². The molecule has 1 aliphatic rings. The summed E-state index contributed by atoms with van der Waals surface area (Å²) >= 11 is 4.43. The Bertz CT molecular complexity index is 959. The molecule has 5 nitrogen and oxygen atoms in total. The van der Waals surface area contributed by atoms with Gasteiger partial charge in [0.2, 0.25) is 0 Å². The molecule has 0 radical (unpaired) electrons. The number of ether oxygens (including phenoxy) is 2. The number of rotatable bonds is 8. The Labute approximate surface area is 182 Å². The highest BCUT2D eigenvalue weighted by atomic mass is 79.9. The van der Waals surface area contributed by atoms with Gasteiger partial charge in [0.15, 0.2) is 11.5 Å². The number of imide groups is 1. The molecule has 7 heteroatoms. The first-order chi connectivity index (χ1) is 14.0. The lowest BCUT2D eigenvalue weighted by Crippen LogP contribution is -2.27. The van der Waals surface area contributed by atoms with Gasteiger partial charge in [-0.3, -0.25) is 14.5 Å². The van der Waals surface area contributed by atoms with Gasteiger partial charge in [-0.05, 0) is 64.0 Å². The number of amides is 2. The number of thioether (sulfide) groups is 1. The third-order valence-electron chi connectivity index (χ3n) is 4.03. The molecule has 1 heterocycles. The maximum Gasteiger partial charge on any atom is 0.293 e. The van der Waals surface area contributed by atoms with Crippen LogP contribution in [0.1, 0.15) is 18.1 Å². The third kappa shape index (κ3) is 5.10. The zero-order valence-electron chi connectivity index (χ0n) is 15.9. The smallest absolute Gasteiger partial charge is 0.293 e. The van der Waals surface area contributed by atoms with E-state index in [0.717, 1.165) is 22.9 Å². The van der Waals surface area contributed by atoms with E-state index in [4.69, 9.17) is 9.47 Å². The Morgan fingerprint density at radius 2 is 1.93 bits per heavy atom. The number of carbonyl (C=O) groups is 2. The van der Waals surface area contributed by atoms with Crippen molar-refractivity contribution in [2.24, 2.45) is 0 Å². The maximum absolute atomic E-state index is 12.8. The van der Waals surface area contributed by atoms with Crippen LogP contribution in [-0.4, -0.2) is 29.3 Å². The first-order valence-electron chi connectivity index (χ1n) is 9.02. The van der Waals surface area contributed by atoms with Crippen LogP contribution < -0.4 is 9.47 Å². The minimum Gasteiger partial charge on any atom is -0.490 e. The Morgan fingerprint density at radius 3 is 2.62 bits per heavy atom. The normalized spacial score (nSPS) is 15.1. The second-order valence-electron chi connectivity index (χ2n) is 6.12. The zero-order chi connectivity index (χ0) is 20.8. The van der Waals surface area contributed by atoms with Gasteiger partial charge in [0.1, 0.15) is 6.61 Å². The highest BCUT2D eigenvalue weighted by molar-refractivity contribution is 9.10. The molecule has 0 saturated carbocycles. The average Bonchev–Trinajstić information content (AvgIpc) is 2.96. The molecule has 3 rings (SSSR count). The van der Waals surface area contributed by atoms with E-state index in [1.807, 2.05) is 43.3 Å². The lowest BCUT2D eigenvalue weighted by molar-refractivity contribution is -0.123. The summed E-state index contributed by atoms with van der Waals surface area (Å²) in [4.78, 5) is 26.8. The summed E-state index contributed by atoms with van der Waals surface area (Å²) in [7, 11) is 0. The highest BCUT2D eigenvalue weighted by Gasteiger charge is 2.35. The quantitative estimate of drug-likeness (QED) is 0.366. The Hall–Kier alpha value is -2.51. The molecule has 0 atom stereocenters. The van der Waals surface area contributed by atoms with Crippen molar-refractivity contribution in [2.45, 2.75) is 13.5 Å². The van der Waals surface area contributed by atoms with Crippen LogP contribution in [0.5, 0.6) is 11.5 Å². The molecule has 29 heavy (non-hydrogen) atoms. The van der Waals surface area contributed by atoms with Crippen LogP contribution >= 0.6 is 27.7 Å². The molecule has 0 aromatic heterocycles. The Kier molecular flexibility index (Phi) is 7.17. The summed E-state index contributed by atoms with van der Waals surface area (Å²) < 4.78 is 12.0. The van der Waals surface area contributed by atoms with Crippen LogP contribution in [-0.2, 0) is 11.3 Å². The van der Waals surface area contributed by atoms with Crippen molar-refractivity contribution in [1.82, 2.24) is 4.90 Å². The van der Waals surface area contributed by atoms with Crippen LogP contribution in [0, 0.1) is 0 Å². The van der Waals surface area contributed by atoms with Crippen molar-refractivity contribution in [2.75, 3.05) is 13.2 Å². The minimum absolute atomic E-state index is 0.255. The molecule has 2 amide bonds. The van der Waals surface area contributed by atoms with E-state index < -0.39 is 0 Å². The van der Waals surface area contributed by atoms with Crippen LogP contribution in [0.2, 0.25) is 0 Å². The van der Waals surface area contributed by atoms with Gasteiger partial charge in [-0.2, -0.15) is 0 Å². The van der Waals surface area contributed by atoms with Gasteiger partial charge in [-0.1, -0.05) is 43.0 Å². The molecule has 0 aliphatic carbocycles. The average molecular weight is 474 g/mol. The number of halogens is 1. The molecule has 0 spiro atoms. The molecule has 150 valence electrons. The predicted molar refractivity (Wildman–Crippen MR) is 119 cm³/mol. The Balaban J connectivity index is 1.86. The first kappa shape index (κ1) is 21.2. The maximum atomic E-state index is 12.8. The monoisotopic (exact) mass is 473 g/mol. The molecular weight excluding hydrogens is 454 g/mol. The number of benzene rings is 2. The second-order valence-corrected chi connectivity index (χ2v) is 7.96. The lowest BCUT2D eigenvalue weighted by atomic mass is 10.1. The van der Waals surface area contributed by atoms with E-state index in [0.29, 0.717) is 34.1 Å². The predicted octanol–water partition coefficient (Wildman–Crippen LogP) is 5.65. The van der Waals surface area contributed by atoms with Crippen molar-refractivity contribution >= 4 is 44.9 Å². The van der Waals surface area contributed by atoms with Crippen LogP contribution in [0.25, 0.3) is 6.08 Å². The molecule has 0 unspecified atom stereocenters. The summed E-state index contributed by atoms with van der Waals surface area (Å²) in [6.45, 7) is 6.60. The van der Waals surface area contributed by atoms with Crippen LogP contribution in [0.15, 0.2) is 64.5 Å². The van der Waals surface area contributed by atoms with Crippen molar-refractivity contribution < 1.29 is 19.1 Å². The topological polar surface area (TPSA) is 55.8 Å². The minimum atomic E-state index is -0.301. The van der Waals surface area contributed by atoms with Crippen molar-refractivity contribution in [3.05, 3.63) is 75.6 Å². The molecule has 1 saturated heterocycles. The molecule has 0 N–H and O–H groups in total. The van der Waals surface area contributed by atoms with Gasteiger partial charge in [-0.25, -0.2) is 0 Å². The molecule has 1 aliphatic heterocycles. The number of carbonyl (C=O) groups excluding carboxylic acids is 2. The summed E-state index contributed by atoms with van der Waals surface area (Å²) in [5.41, 5.74) is 1.64.